The summed E-state index contributed by atoms with van der Waals surface area (Å²) >= 11 is 0. The normalized spacial score (nSPS) is 22.3. The van der Waals surface area contributed by atoms with E-state index in [0.717, 1.165) is 13.0 Å². The molecule has 0 atom stereocenters. The monoisotopic (exact) mass is 199 g/mol. The summed E-state index contributed by atoms with van der Waals surface area (Å²) in [6.45, 7) is 4.99. The quantitative estimate of drug-likeness (QED) is 0.707. The van der Waals surface area contributed by atoms with Crippen LogP contribution in [0.1, 0.15) is 58.8 Å². The van der Waals surface area contributed by atoms with E-state index >= 15 is 0 Å². The number of hydrogen-bond donors (Lipinski definition) is 1. The number of nitrogens with two attached hydrogens (primary N) is 1. The zero-order chi connectivity index (χ0) is 10.4. The van der Waals surface area contributed by atoms with Crippen LogP contribution >= 0.6 is 0 Å². The molecule has 0 aromatic rings. The van der Waals surface area contributed by atoms with E-state index in [0.29, 0.717) is 6.10 Å². The van der Waals surface area contributed by atoms with E-state index in [1.807, 2.05) is 0 Å². The van der Waals surface area contributed by atoms with Crippen LogP contribution in [0, 0.1) is 0 Å². The van der Waals surface area contributed by atoms with Crippen molar-refractivity contribution >= 4 is 0 Å². The molecular formula is C12H25NO. The maximum atomic E-state index is 6.37. The fourth-order valence-electron chi connectivity index (χ4n) is 2.18. The van der Waals surface area contributed by atoms with E-state index in [1.165, 1.54) is 38.5 Å². The molecule has 0 aromatic carbocycles. The lowest BCUT2D eigenvalue weighted by atomic mass is 9.88. The maximum Gasteiger partial charge on any atom is 0.0518 e. The molecule has 0 aliphatic heterocycles. The van der Waals surface area contributed by atoms with Gasteiger partial charge in [0.1, 0.15) is 0 Å². The summed E-state index contributed by atoms with van der Waals surface area (Å²) in [6, 6.07) is 0. The molecule has 0 radical (unpaired) electrons. The third-order valence-corrected chi connectivity index (χ3v) is 3.15. The fraction of sp³-hybridized carbons (Fsp3) is 1.00. The lowest BCUT2D eigenvalue weighted by Crippen LogP contribution is -2.40. The molecule has 0 spiro atoms. The summed E-state index contributed by atoms with van der Waals surface area (Å²) in [7, 11) is 0. The van der Waals surface area contributed by atoms with E-state index in [2.05, 4.69) is 13.8 Å². The summed E-state index contributed by atoms with van der Waals surface area (Å²) in [5.74, 6) is 0. The number of hydrogen-bond acceptors (Lipinski definition) is 2. The molecule has 2 nitrogen and oxygen atoms in total. The van der Waals surface area contributed by atoms with Gasteiger partial charge in [0.05, 0.1) is 6.10 Å². The molecule has 1 aliphatic rings. The predicted molar refractivity (Wildman–Crippen MR) is 60.3 cm³/mol. The first-order valence-electron chi connectivity index (χ1n) is 6.03. The molecule has 0 bridgehead atoms. The van der Waals surface area contributed by atoms with E-state index in [-0.39, 0.29) is 5.54 Å². The number of ether oxygens (including phenoxy) is 1. The van der Waals surface area contributed by atoms with Gasteiger partial charge >= 0.3 is 0 Å². The average molecular weight is 199 g/mol. The minimum atomic E-state index is 0.0748. The smallest absolute Gasteiger partial charge is 0.0518 e. The van der Waals surface area contributed by atoms with Gasteiger partial charge in [0.15, 0.2) is 0 Å². The van der Waals surface area contributed by atoms with Gasteiger partial charge in [-0.05, 0) is 33.1 Å². The Kier molecular flexibility index (Phi) is 4.90. The second kappa shape index (κ2) is 5.72. The molecule has 84 valence electrons. The van der Waals surface area contributed by atoms with Gasteiger partial charge < -0.3 is 10.5 Å². The van der Waals surface area contributed by atoms with E-state index in [9.17, 15) is 0 Å². The van der Waals surface area contributed by atoms with Crippen LogP contribution in [0.4, 0.5) is 0 Å². The molecule has 1 aliphatic carbocycles. The second-order valence-electron chi connectivity index (χ2n) is 4.95. The molecule has 2 heteroatoms. The standard InChI is InChI=1S/C12H25NO/c1-11(2)14-10-9-12(13)7-5-3-4-6-8-12/h11H,3-10,13H2,1-2H3. The number of rotatable bonds is 4. The highest BCUT2D eigenvalue weighted by Gasteiger charge is 2.25. The Labute approximate surface area is 88.2 Å². The molecule has 0 heterocycles. The van der Waals surface area contributed by atoms with Crippen molar-refractivity contribution in [2.24, 2.45) is 5.73 Å². The molecule has 1 rings (SSSR count). The van der Waals surface area contributed by atoms with Crippen LogP contribution in [0.3, 0.4) is 0 Å². The summed E-state index contributed by atoms with van der Waals surface area (Å²) in [5.41, 5.74) is 6.44. The van der Waals surface area contributed by atoms with Crippen molar-refractivity contribution in [1.82, 2.24) is 0 Å². The largest absolute Gasteiger partial charge is 0.379 e. The molecule has 2 N–H and O–H groups in total. The molecule has 0 unspecified atom stereocenters. The molecule has 0 saturated heterocycles. The summed E-state index contributed by atoms with van der Waals surface area (Å²) in [6.07, 6.45) is 9.09. The van der Waals surface area contributed by atoms with Crippen LogP contribution < -0.4 is 5.73 Å². The SMILES string of the molecule is CC(C)OCCC1(N)CCCCCC1. The van der Waals surface area contributed by atoms with Crippen LogP contribution in [-0.2, 0) is 4.74 Å². The molecule has 0 amide bonds. The van der Waals surface area contributed by atoms with Gasteiger partial charge in [-0.15, -0.1) is 0 Å². The first kappa shape index (κ1) is 12.0. The summed E-state index contributed by atoms with van der Waals surface area (Å²) in [5, 5.41) is 0. The van der Waals surface area contributed by atoms with Gasteiger partial charge in [-0.1, -0.05) is 25.7 Å². The van der Waals surface area contributed by atoms with Crippen molar-refractivity contribution in [2.75, 3.05) is 6.61 Å². The van der Waals surface area contributed by atoms with Gasteiger partial charge in [-0.2, -0.15) is 0 Å². The third kappa shape index (κ3) is 4.43. The highest BCUT2D eigenvalue weighted by molar-refractivity contribution is 4.85. The van der Waals surface area contributed by atoms with Crippen LogP contribution in [0.25, 0.3) is 0 Å². The van der Waals surface area contributed by atoms with Crippen molar-refractivity contribution in [3.8, 4) is 0 Å². The van der Waals surface area contributed by atoms with Gasteiger partial charge in [-0.3, -0.25) is 0 Å². The minimum absolute atomic E-state index is 0.0748. The fourth-order valence-corrected chi connectivity index (χ4v) is 2.18. The first-order chi connectivity index (χ1) is 6.62. The van der Waals surface area contributed by atoms with Crippen molar-refractivity contribution in [3.63, 3.8) is 0 Å². The van der Waals surface area contributed by atoms with Crippen LogP contribution in [0.15, 0.2) is 0 Å². The van der Waals surface area contributed by atoms with Crippen LogP contribution in [0.5, 0.6) is 0 Å². The Bertz CT molecular complexity index is 148. The lowest BCUT2D eigenvalue weighted by Gasteiger charge is -2.28. The Morgan fingerprint density at radius 2 is 1.71 bits per heavy atom. The molecule has 0 aromatic heterocycles. The second-order valence-corrected chi connectivity index (χ2v) is 4.95. The highest BCUT2D eigenvalue weighted by Crippen LogP contribution is 2.27. The lowest BCUT2D eigenvalue weighted by molar-refractivity contribution is 0.0626. The Morgan fingerprint density at radius 1 is 1.14 bits per heavy atom. The molecular weight excluding hydrogens is 174 g/mol. The summed E-state index contributed by atoms with van der Waals surface area (Å²) < 4.78 is 5.57. The first-order valence-corrected chi connectivity index (χ1v) is 6.03. The van der Waals surface area contributed by atoms with E-state index in [1.54, 1.807) is 0 Å². The van der Waals surface area contributed by atoms with Gasteiger partial charge in [0.2, 0.25) is 0 Å². The van der Waals surface area contributed by atoms with Gasteiger partial charge in [0.25, 0.3) is 0 Å². The van der Waals surface area contributed by atoms with Crippen LogP contribution in [0.2, 0.25) is 0 Å². The molecule has 1 fully saturated rings. The zero-order valence-electron chi connectivity index (χ0n) is 9.72. The Balaban J connectivity index is 2.24. The Morgan fingerprint density at radius 3 is 2.21 bits per heavy atom. The van der Waals surface area contributed by atoms with Crippen molar-refractivity contribution in [2.45, 2.75) is 70.4 Å². The molecule has 1 saturated carbocycles. The average Bonchev–Trinajstić information content (AvgIpc) is 2.30. The highest BCUT2D eigenvalue weighted by atomic mass is 16.5. The molecule has 14 heavy (non-hydrogen) atoms. The summed E-state index contributed by atoms with van der Waals surface area (Å²) in [4.78, 5) is 0. The van der Waals surface area contributed by atoms with Crippen molar-refractivity contribution in [1.29, 1.82) is 0 Å². The van der Waals surface area contributed by atoms with E-state index in [4.69, 9.17) is 10.5 Å². The predicted octanol–water partition coefficient (Wildman–Crippen LogP) is 2.85. The van der Waals surface area contributed by atoms with Crippen molar-refractivity contribution in [3.05, 3.63) is 0 Å². The topological polar surface area (TPSA) is 35.2 Å². The minimum Gasteiger partial charge on any atom is -0.379 e. The Hall–Kier alpha value is -0.0800. The van der Waals surface area contributed by atoms with Gasteiger partial charge in [-0.25, -0.2) is 0 Å². The van der Waals surface area contributed by atoms with Crippen molar-refractivity contribution < 1.29 is 4.74 Å². The van der Waals surface area contributed by atoms with Gasteiger partial charge in [0, 0.05) is 12.1 Å². The zero-order valence-corrected chi connectivity index (χ0v) is 9.72. The van der Waals surface area contributed by atoms with E-state index < -0.39 is 0 Å². The third-order valence-electron chi connectivity index (χ3n) is 3.15. The maximum absolute atomic E-state index is 6.37. The van der Waals surface area contributed by atoms with Crippen LogP contribution in [-0.4, -0.2) is 18.2 Å².